The number of esters is 2. The molecular formula is C12H19IO4. The predicted molar refractivity (Wildman–Crippen MR) is 73.8 cm³/mol. The number of carbonyl (C=O) groups is 2. The molecule has 2 unspecified atom stereocenters. The molecule has 0 aromatic carbocycles. The SMILES string of the molecule is CCC(C)OC(=O)C=C(I)C(=O)OC(C)CC. The number of hydrogen-bond donors (Lipinski definition) is 0. The first-order chi connectivity index (χ1) is 7.90. The van der Waals surface area contributed by atoms with Gasteiger partial charge in [-0.2, -0.15) is 0 Å². The molecule has 0 bridgehead atoms. The molecule has 0 saturated heterocycles. The third kappa shape index (κ3) is 7.36. The van der Waals surface area contributed by atoms with Gasteiger partial charge >= 0.3 is 11.9 Å². The summed E-state index contributed by atoms with van der Waals surface area (Å²) in [6.07, 6.45) is 2.36. The molecule has 0 aliphatic heterocycles. The highest BCUT2D eigenvalue weighted by Crippen LogP contribution is 2.12. The van der Waals surface area contributed by atoms with Gasteiger partial charge in [-0.1, -0.05) is 13.8 Å². The van der Waals surface area contributed by atoms with Crippen molar-refractivity contribution in [2.45, 2.75) is 52.7 Å². The zero-order valence-corrected chi connectivity index (χ0v) is 12.8. The largest absolute Gasteiger partial charge is 0.459 e. The van der Waals surface area contributed by atoms with Gasteiger partial charge in [0.05, 0.1) is 12.2 Å². The molecule has 0 aliphatic carbocycles. The van der Waals surface area contributed by atoms with Crippen molar-refractivity contribution in [3.63, 3.8) is 0 Å². The number of ether oxygens (including phenoxy) is 2. The zero-order valence-electron chi connectivity index (χ0n) is 10.7. The Morgan fingerprint density at radius 1 is 1.12 bits per heavy atom. The van der Waals surface area contributed by atoms with Crippen LogP contribution in [0.2, 0.25) is 0 Å². The fourth-order valence-corrected chi connectivity index (χ4v) is 1.18. The van der Waals surface area contributed by atoms with E-state index in [9.17, 15) is 9.59 Å². The second-order valence-electron chi connectivity index (χ2n) is 3.77. The second-order valence-corrected chi connectivity index (χ2v) is 4.93. The van der Waals surface area contributed by atoms with Crippen LogP contribution in [0.1, 0.15) is 40.5 Å². The Kier molecular flexibility index (Phi) is 8.20. The maximum absolute atomic E-state index is 11.5. The van der Waals surface area contributed by atoms with Crippen molar-refractivity contribution in [3.8, 4) is 0 Å². The molecule has 0 rings (SSSR count). The van der Waals surface area contributed by atoms with E-state index in [0.717, 1.165) is 18.9 Å². The molecule has 0 N–H and O–H groups in total. The van der Waals surface area contributed by atoms with E-state index in [1.54, 1.807) is 36.4 Å². The quantitative estimate of drug-likeness (QED) is 0.418. The molecule has 0 amide bonds. The summed E-state index contributed by atoms with van der Waals surface area (Å²) in [5.74, 6) is -0.995. The monoisotopic (exact) mass is 354 g/mol. The van der Waals surface area contributed by atoms with Gasteiger partial charge in [-0.05, 0) is 49.3 Å². The van der Waals surface area contributed by atoms with Crippen LogP contribution in [0.4, 0.5) is 0 Å². The summed E-state index contributed by atoms with van der Waals surface area (Å²) in [5.41, 5.74) is 0. The van der Waals surface area contributed by atoms with Crippen LogP contribution in [0.15, 0.2) is 9.66 Å². The minimum atomic E-state index is -0.509. The van der Waals surface area contributed by atoms with E-state index < -0.39 is 11.9 Å². The van der Waals surface area contributed by atoms with Gasteiger partial charge in [0.1, 0.15) is 3.58 Å². The topological polar surface area (TPSA) is 52.6 Å². The first-order valence-corrected chi connectivity index (χ1v) is 6.77. The fourth-order valence-electron chi connectivity index (χ4n) is 0.800. The highest BCUT2D eigenvalue weighted by atomic mass is 127. The van der Waals surface area contributed by atoms with Gasteiger partial charge in [0.15, 0.2) is 0 Å². The van der Waals surface area contributed by atoms with Gasteiger partial charge < -0.3 is 9.47 Å². The lowest BCUT2D eigenvalue weighted by Crippen LogP contribution is -2.16. The number of halogens is 1. The second kappa shape index (κ2) is 8.49. The van der Waals surface area contributed by atoms with Crippen LogP contribution in [0.3, 0.4) is 0 Å². The van der Waals surface area contributed by atoms with Gasteiger partial charge in [-0.3, -0.25) is 0 Å². The molecule has 0 heterocycles. The lowest BCUT2D eigenvalue weighted by Gasteiger charge is -2.11. The van der Waals surface area contributed by atoms with Crippen LogP contribution in [0, 0.1) is 0 Å². The normalized spacial score (nSPS) is 15.0. The van der Waals surface area contributed by atoms with E-state index in [1.165, 1.54) is 0 Å². The highest BCUT2D eigenvalue weighted by molar-refractivity contribution is 14.1. The average molecular weight is 354 g/mol. The molecule has 4 nitrogen and oxygen atoms in total. The summed E-state index contributed by atoms with van der Waals surface area (Å²) >= 11 is 1.78. The maximum atomic E-state index is 11.5. The van der Waals surface area contributed by atoms with Gasteiger partial charge in [0, 0.05) is 6.08 Å². The molecule has 0 fully saturated rings. The Morgan fingerprint density at radius 2 is 1.59 bits per heavy atom. The predicted octanol–water partition coefficient (Wildman–Crippen LogP) is 2.99. The molecule has 98 valence electrons. The van der Waals surface area contributed by atoms with Gasteiger partial charge in [0.2, 0.25) is 0 Å². The van der Waals surface area contributed by atoms with Crippen LogP contribution >= 0.6 is 22.6 Å². The van der Waals surface area contributed by atoms with Crippen molar-refractivity contribution >= 4 is 34.5 Å². The number of hydrogen-bond acceptors (Lipinski definition) is 4. The highest BCUT2D eigenvalue weighted by Gasteiger charge is 2.14. The smallest absolute Gasteiger partial charge is 0.344 e. The number of carbonyl (C=O) groups excluding carboxylic acids is 2. The van der Waals surface area contributed by atoms with E-state index >= 15 is 0 Å². The molecule has 0 saturated carbocycles. The minimum Gasteiger partial charge on any atom is -0.459 e. The van der Waals surface area contributed by atoms with Crippen LogP contribution in [0.5, 0.6) is 0 Å². The Labute approximate surface area is 116 Å². The lowest BCUT2D eigenvalue weighted by molar-refractivity contribution is -0.145. The van der Waals surface area contributed by atoms with Gasteiger partial charge in [-0.25, -0.2) is 9.59 Å². The minimum absolute atomic E-state index is 0.145. The Bertz CT molecular complexity index is 299. The fraction of sp³-hybridized carbons (Fsp3) is 0.667. The van der Waals surface area contributed by atoms with Crippen LogP contribution in [-0.4, -0.2) is 24.1 Å². The standard InChI is InChI=1S/C12H19IO4/c1-5-8(3)16-11(14)7-10(13)12(15)17-9(4)6-2/h7-9H,5-6H2,1-4H3. The summed E-state index contributed by atoms with van der Waals surface area (Å²) in [6.45, 7) is 7.45. The Balaban J connectivity index is 4.32. The van der Waals surface area contributed by atoms with Crippen molar-refractivity contribution in [1.29, 1.82) is 0 Å². The summed E-state index contributed by atoms with van der Waals surface area (Å²) in [4.78, 5) is 22.9. The number of rotatable bonds is 6. The van der Waals surface area contributed by atoms with Crippen LogP contribution in [0.25, 0.3) is 0 Å². The molecule has 0 radical (unpaired) electrons. The lowest BCUT2D eigenvalue weighted by atomic mass is 10.3. The molecule has 0 aromatic heterocycles. The van der Waals surface area contributed by atoms with Crippen LogP contribution < -0.4 is 0 Å². The summed E-state index contributed by atoms with van der Waals surface area (Å²) < 4.78 is 10.3. The average Bonchev–Trinajstić information content (AvgIpc) is 2.28. The van der Waals surface area contributed by atoms with E-state index in [2.05, 4.69) is 0 Å². The summed E-state index contributed by atoms with van der Waals surface area (Å²) in [6, 6.07) is 0. The Hall–Kier alpha value is -0.590. The van der Waals surface area contributed by atoms with Crippen LogP contribution in [-0.2, 0) is 19.1 Å². The molecule has 17 heavy (non-hydrogen) atoms. The van der Waals surface area contributed by atoms with Crippen molar-refractivity contribution < 1.29 is 19.1 Å². The van der Waals surface area contributed by atoms with Crippen molar-refractivity contribution in [2.75, 3.05) is 0 Å². The van der Waals surface area contributed by atoms with E-state index in [4.69, 9.17) is 9.47 Å². The molecule has 0 spiro atoms. The zero-order chi connectivity index (χ0) is 13.4. The molecule has 2 atom stereocenters. The summed E-state index contributed by atoms with van der Waals surface area (Å²) in [5, 5.41) is 0. The van der Waals surface area contributed by atoms with E-state index in [0.29, 0.717) is 0 Å². The van der Waals surface area contributed by atoms with Crippen molar-refractivity contribution in [3.05, 3.63) is 9.66 Å². The first kappa shape index (κ1) is 16.4. The third-order valence-electron chi connectivity index (χ3n) is 2.21. The molecule has 0 aliphatic rings. The van der Waals surface area contributed by atoms with E-state index in [1.807, 2.05) is 13.8 Å². The Morgan fingerprint density at radius 3 is 2.06 bits per heavy atom. The molecule has 0 aromatic rings. The van der Waals surface area contributed by atoms with Gasteiger partial charge in [0.25, 0.3) is 0 Å². The molecule has 5 heteroatoms. The van der Waals surface area contributed by atoms with E-state index in [-0.39, 0.29) is 15.8 Å². The summed E-state index contributed by atoms with van der Waals surface area (Å²) in [7, 11) is 0. The maximum Gasteiger partial charge on any atom is 0.344 e. The molecular weight excluding hydrogens is 335 g/mol. The van der Waals surface area contributed by atoms with Gasteiger partial charge in [-0.15, -0.1) is 0 Å². The van der Waals surface area contributed by atoms with Crippen molar-refractivity contribution in [1.82, 2.24) is 0 Å². The first-order valence-electron chi connectivity index (χ1n) is 5.69. The van der Waals surface area contributed by atoms with Crippen molar-refractivity contribution in [2.24, 2.45) is 0 Å². The third-order valence-corrected chi connectivity index (χ3v) is 2.97.